The first-order chi connectivity index (χ1) is 8.08. The Hall–Kier alpha value is -0.830. The second kappa shape index (κ2) is 3.84. The minimum atomic E-state index is -0.163. The van der Waals surface area contributed by atoms with Gasteiger partial charge in [-0.25, -0.2) is 4.98 Å². The van der Waals surface area contributed by atoms with Gasteiger partial charge in [0.25, 0.3) is 0 Å². The maximum Gasteiger partial charge on any atom is 0.138 e. The molecule has 0 bridgehead atoms. The lowest BCUT2D eigenvalue weighted by molar-refractivity contribution is 0.00988. The van der Waals surface area contributed by atoms with Crippen LogP contribution in [0.1, 0.15) is 50.8 Å². The van der Waals surface area contributed by atoms with Gasteiger partial charge in [-0.1, -0.05) is 13.8 Å². The Morgan fingerprint density at radius 3 is 2.76 bits per heavy atom. The fraction of sp³-hybridized carbons (Fsp3) is 0.786. The Labute approximate surface area is 103 Å². The van der Waals surface area contributed by atoms with E-state index >= 15 is 0 Å². The monoisotopic (exact) mass is 234 g/mol. The normalized spacial score (nSPS) is 37.1. The summed E-state index contributed by atoms with van der Waals surface area (Å²) < 4.78 is 5.86. The number of nitrogens with one attached hydrogen (secondary N) is 1. The molecule has 0 spiro atoms. The largest absolute Gasteiger partial charge is 0.367 e. The van der Waals surface area contributed by atoms with Gasteiger partial charge >= 0.3 is 0 Å². The Morgan fingerprint density at radius 2 is 2.06 bits per heavy atom. The molecule has 3 unspecified atom stereocenters. The van der Waals surface area contributed by atoms with Crippen molar-refractivity contribution >= 4 is 0 Å². The average molecular weight is 234 g/mol. The fourth-order valence-corrected chi connectivity index (χ4v) is 3.03. The Kier molecular flexibility index (Phi) is 2.54. The molecule has 1 aromatic rings. The molecule has 1 aliphatic carbocycles. The summed E-state index contributed by atoms with van der Waals surface area (Å²) in [6.45, 7) is 7.70. The van der Waals surface area contributed by atoms with E-state index in [9.17, 15) is 0 Å². The number of hydrogen-bond donors (Lipinski definition) is 1. The number of aromatic amines is 1. The molecule has 2 aliphatic rings. The average Bonchev–Trinajstić information content (AvgIpc) is 2.87. The predicted octanol–water partition coefficient (Wildman–Crippen LogP) is 2.81. The molecule has 1 N–H and O–H groups in total. The van der Waals surface area contributed by atoms with Crippen molar-refractivity contribution in [1.82, 2.24) is 9.97 Å². The first-order valence-corrected chi connectivity index (χ1v) is 6.81. The van der Waals surface area contributed by atoms with Crippen LogP contribution in [0.4, 0.5) is 0 Å². The van der Waals surface area contributed by atoms with Gasteiger partial charge in [0, 0.05) is 12.3 Å². The third-order valence-electron chi connectivity index (χ3n) is 4.60. The lowest BCUT2D eigenvalue weighted by atomic mass is 9.82. The molecule has 1 aliphatic heterocycles. The molecule has 3 heteroatoms. The van der Waals surface area contributed by atoms with Crippen LogP contribution in [-0.4, -0.2) is 16.6 Å². The molecular formula is C14H22N2O. The first kappa shape index (κ1) is 11.3. The molecule has 0 saturated carbocycles. The SMILES string of the molecule is CC1Cc2nc(C3(C)CCCO3)[nH]c2CC1C. The number of imidazole rings is 1. The van der Waals surface area contributed by atoms with Gasteiger partial charge in [0.15, 0.2) is 0 Å². The van der Waals surface area contributed by atoms with E-state index in [2.05, 4.69) is 25.8 Å². The van der Waals surface area contributed by atoms with Crippen molar-refractivity contribution in [2.75, 3.05) is 6.61 Å². The van der Waals surface area contributed by atoms with E-state index in [4.69, 9.17) is 9.72 Å². The standard InChI is InChI=1S/C14H22N2O/c1-9-7-11-12(8-10(9)2)16-13(15-11)14(3)5-4-6-17-14/h9-10H,4-8H2,1-3H3,(H,15,16). The van der Waals surface area contributed by atoms with Gasteiger partial charge < -0.3 is 9.72 Å². The smallest absolute Gasteiger partial charge is 0.138 e. The van der Waals surface area contributed by atoms with E-state index < -0.39 is 0 Å². The molecule has 1 saturated heterocycles. The van der Waals surface area contributed by atoms with Gasteiger partial charge in [0.2, 0.25) is 0 Å². The zero-order valence-electron chi connectivity index (χ0n) is 11.0. The highest BCUT2D eigenvalue weighted by Gasteiger charge is 2.36. The number of rotatable bonds is 1. The van der Waals surface area contributed by atoms with E-state index in [1.54, 1.807) is 0 Å². The highest BCUT2D eigenvalue weighted by Crippen LogP contribution is 2.36. The van der Waals surface area contributed by atoms with Crippen molar-refractivity contribution in [2.24, 2.45) is 11.8 Å². The van der Waals surface area contributed by atoms with Gasteiger partial charge in [-0.05, 0) is 44.4 Å². The van der Waals surface area contributed by atoms with Crippen LogP contribution in [-0.2, 0) is 23.2 Å². The van der Waals surface area contributed by atoms with E-state index in [-0.39, 0.29) is 5.60 Å². The summed E-state index contributed by atoms with van der Waals surface area (Å²) in [4.78, 5) is 8.34. The highest BCUT2D eigenvalue weighted by atomic mass is 16.5. The fourth-order valence-electron chi connectivity index (χ4n) is 3.03. The summed E-state index contributed by atoms with van der Waals surface area (Å²) in [5.74, 6) is 2.56. The minimum absolute atomic E-state index is 0.163. The van der Waals surface area contributed by atoms with E-state index in [0.29, 0.717) is 0 Å². The topological polar surface area (TPSA) is 37.9 Å². The molecule has 17 heavy (non-hydrogen) atoms. The molecule has 0 aromatic carbocycles. The van der Waals surface area contributed by atoms with Crippen molar-refractivity contribution in [3.05, 3.63) is 17.2 Å². The molecule has 3 atom stereocenters. The van der Waals surface area contributed by atoms with Gasteiger partial charge in [-0.3, -0.25) is 0 Å². The van der Waals surface area contributed by atoms with Gasteiger partial charge in [-0.2, -0.15) is 0 Å². The zero-order chi connectivity index (χ0) is 12.0. The molecule has 0 amide bonds. The quantitative estimate of drug-likeness (QED) is 0.811. The highest BCUT2D eigenvalue weighted by molar-refractivity contribution is 5.22. The Morgan fingerprint density at radius 1 is 1.29 bits per heavy atom. The number of aromatic nitrogens is 2. The minimum Gasteiger partial charge on any atom is -0.367 e. The lowest BCUT2D eigenvalue weighted by Gasteiger charge is -2.24. The van der Waals surface area contributed by atoms with Gasteiger partial charge in [-0.15, -0.1) is 0 Å². The number of hydrogen-bond acceptors (Lipinski definition) is 2. The van der Waals surface area contributed by atoms with Crippen molar-refractivity contribution in [2.45, 2.75) is 52.1 Å². The third-order valence-corrected chi connectivity index (χ3v) is 4.60. The van der Waals surface area contributed by atoms with Crippen LogP contribution < -0.4 is 0 Å². The zero-order valence-corrected chi connectivity index (χ0v) is 11.0. The molecule has 94 valence electrons. The number of fused-ring (bicyclic) bond motifs is 1. The first-order valence-electron chi connectivity index (χ1n) is 6.81. The molecule has 3 rings (SSSR count). The molecular weight excluding hydrogens is 212 g/mol. The van der Waals surface area contributed by atoms with Crippen molar-refractivity contribution < 1.29 is 4.74 Å². The van der Waals surface area contributed by atoms with Crippen LogP contribution in [0.2, 0.25) is 0 Å². The summed E-state index contributed by atoms with van der Waals surface area (Å²) in [6, 6.07) is 0. The Balaban J connectivity index is 1.92. The van der Waals surface area contributed by atoms with E-state index in [1.165, 1.54) is 11.4 Å². The van der Waals surface area contributed by atoms with Gasteiger partial charge in [0.1, 0.15) is 11.4 Å². The van der Waals surface area contributed by atoms with Crippen LogP contribution in [0.25, 0.3) is 0 Å². The van der Waals surface area contributed by atoms with Crippen LogP contribution >= 0.6 is 0 Å². The maximum atomic E-state index is 5.86. The van der Waals surface area contributed by atoms with Gasteiger partial charge in [0.05, 0.1) is 5.69 Å². The lowest BCUT2D eigenvalue weighted by Crippen LogP contribution is -2.21. The summed E-state index contributed by atoms with van der Waals surface area (Å²) >= 11 is 0. The van der Waals surface area contributed by atoms with Crippen LogP contribution in [0.3, 0.4) is 0 Å². The molecule has 1 aromatic heterocycles. The second-order valence-corrected chi connectivity index (χ2v) is 6.06. The van der Waals surface area contributed by atoms with Crippen LogP contribution in [0.15, 0.2) is 0 Å². The van der Waals surface area contributed by atoms with Crippen molar-refractivity contribution in [3.63, 3.8) is 0 Å². The number of H-pyrrole nitrogens is 1. The van der Waals surface area contributed by atoms with E-state index in [1.807, 2.05) is 0 Å². The summed E-state index contributed by atoms with van der Waals surface area (Å²) in [5, 5.41) is 0. The predicted molar refractivity (Wildman–Crippen MR) is 66.9 cm³/mol. The van der Waals surface area contributed by atoms with E-state index in [0.717, 1.165) is 50.0 Å². The Bertz CT molecular complexity index is 390. The summed E-state index contributed by atoms with van der Waals surface area (Å²) in [7, 11) is 0. The molecule has 2 heterocycles. The van der Waals surface area contributed by atoms with Crippen LogP contribution in [0.5, 0.6) is 0 Å². The number of ether oxygens (including phenoxy) is 1. The summed E-state index contributed by atoms with van der Waals surface area (Å²) in [6.07, 6.45) is 4.49. The van der Waals surface area contributed by atoms with Crippen molar-refractivity contribution in [1.29, 1.82) is 0 Å². The van der Waals surface area contributed by atoms with Crippen LogP contribution in [0, 0.1) is 11.8 Å². The second-order valence-electron chi connectivity index (χ2n) is 6.06. The maximum absolute atomic E-state index is 5.86. The number of nitrogens with zero attached hydrogens (tertiary/aromatic N) is 1. The molecule has 3 nitrogen and oxygen atoms in total. The van der Waals surface area contributed by atoms with Crippen molar-refractivity contribution in [3.8, 4) is 0 Å². The summed E-state index contributed by atoms with van der Waals surface area (Å²) in [5.41, 5.74) is 2.47. The molecule has 0 radical (unpaired) electrons. The third kappa shape index (κ3) is 1.81. The molecule has 1 fully saturated rings.